The zero-order valence-corrected chi connectivity index (χ0v) is 9.16. The summed E-state index contributed by atoms with van der Waals surface area (Å²) in [6.45, 7) is 0.199. The van der Waals surface area contributed by atoms with E-state index in [0.717, 1.165) is 0 Å². The van der Waals surface area contributed by atoms with Crippen LogP contribution in [0.4, 0.5) is 13.2 Å². The Bertz CT molecular complexity index is 245. The summed E-state index contributed by atoms with van der Waals surface area (Å²) in [5.74, 6) is -2.29. The molecule has 0 atom stereocenters. The first-order valence-electron chi connectivity index (χ1n) is 4.50. The third-order valence-corrected chi connectivity index (χ3v) is 2.24. The van der Waals surface area contributed by atoms with E-state index < -0.39 is 34.9 Å². The molecule has 0 radical (unpaired) electrons. The molecule has 0 bridgehead atoms. The summed E-state index contributed by atoms with van der Waals surface area (Å²) in [6, 6.07) is 0. The van der Waals surface area contributed by atoms with Crippen LogP contribution in [0.2, 0.25) is 0 Å². The quantitative estimate of drug-likeness (QED) is 0.682. The third kappa shape index (κ3) is 11.2. The van der Waals surface area contributed by atoms with Crippen LogP contribution in [0, 0.1) is 0 Å². The van der Waals surface area contributed by atoms with Crippen molar-refractivity contribution in [3.63, 3.8) is 0 Å². The number of carboxylic acid groups (broad SMARTS) is 1. The van der Waals surface area contributed by atoms with Gasteiger partial charge in [0.05, 0.1) is 5.75 Å². The van der Waals surface area contributed by atoms with Gasteiger partial charge < -0.3 is 10.4 Å². The van der Waals surface area contributed by atoms with E-state index in [1.807, 2.05) is 0 Å². The van der Waals surface area contributed by atoms with Crippen molar-refractivity contribution >= 4 is 23.6 Å². The highest BCUT2D eigenvalue weighted by atomic mass is 32.2. The second-order valence-electron chi connectivity index (χ2n) is 2.94. The van der Waals surface area contributed by atoms with Gasteiger partial charge >= 0.3 is 11.5 Å². The number of thioether (sulfide) groups is 1. The molecule has 2 N–H and O–H groups in total. The van der Waals surface area contributed by atoms with Gasteiger partial charge in [0, 0.05) is 13.0 Å². The normalized spacial score (nSPS) is 11.2. The number of carbonyl (C=O) groups is 2. The van der Waals surface area contributed by atoms with Gasteiger partial charge in [-0.25, -0.2) is 0 Å². The maximum atomic E-state index is 11.7. The Kier molecular flexibility index (Phi) is 6.95. The number of unbranched alkanes of at least 4 members (excludes halogenated alkanes) is 1. The molecule has 0 heterocycles. The summed E-state index contributed by atoms with van der Waals surface area (Å²) < 4.78 is 35.0. The van der Waals surface area contributed by atoms with Crippen molar-refractivity contribution in [1.29, 1.82) is 0 Å². The second-order valence-corrected chi connectivity index (χ2v) is 3.98. The minimum absolute atomic E-state index is 0.00677. The van der Waals surface area contributed by atoms with Crippen molar-refractivity contribution in [3.05, 3.63) is 0 Å². The molecule has 0 aliphatic rings. The van der Waals surface area contributed by atoms with Crippen molar-refractivity contribution in [3.8, 4) is 0 Å². The van der Waals surface area contributed by atoms with Crippen LogP contribution in [-0.4, -0.2) is 34.8 Å². The van der Waals surface area contributed by atoms with Gasteiger partial charge in [0.25, 0.3) is 0 Å². The van der Waals surface area contributed by atoms with Crippen LogP contribution in [0.1, 0.15) is 19.3 Å². The molecule has 0 rings (SSSR count). The van der Waals surface area contributed by atoms with Gasteiger partial charge in [-0.15, -0.1) is 0 Å². The number of rotatable bonds is 7. The van der Waals surface area contributed by atoms with E-state index in [1.54, 1.807) is 0 Å². The van der Waals surface area contributed by atoms with E-state index in [9.17, 15) is 22.8 Å². The fraction of sp³-hybridized carbons (Fsp3) is 0.750. The highest BCUT2D eigenvalue weighted by molar-refractivity contribution is 8.00. The summed E-state index contributed by atoms with van der Waals surface area (Å²) in [5.41, 5.74) is -4.40. The SMILES string of the molecule is O=C(O)CCCCNC(=O)CSC(F)(F)F. The number of carbonyl (C=O) groups excluding carboxylic acids is 1. The maximum Gasteiger partial charge on any atom is 0.442 e. The topological polar surface area (TPSA) is 66.4 Å². The number of nitrogens with one attached hydrogen (secondary N) is 1. The molecule has 0 aliphatic carbocycles. The number of hydrogen-bond donors (Lipinski definition) is 2. The zero-order valence-electron chi connectivity index (χ0n) is 8.34. The minimum Gasteiger partial charge on any atom is -0.481 e. The average Bonchev–Trinajstić information content (AvgIpc) is 2.12. The van der Waals surface area contributed by atoms with Crippen LogP contribution in [-0.2, 0) is 9.59 Å². The van der Waals surface area contributed by atoms with E-state index in [4.69, 9.17) is 5.11 Å². The molecule has 4 nitrogen and oxygen atoms in total. The maximum absolute atomic E-state index is 11.7. The Morgan fingerprint density at radius 2 is 1.88 bits per heavy atom. The molecule has 16 heavy (non-hydrogen) atoms. The van der Waals surface area contributed by atoms with Crippen molar-refractivity contribution in [1.82, 2.24) is 5.32 Å². The first-order chi connectivity index (χ1) is 7.31. The van der Waals surface area contributed by atoms with E-state index >= 15 is 0 Å². The van der Waals surface area contributed by atoms with Crippen LogP contribution in [0.15, 0.2) is 0 Å². The predicted octanol–water partition coefficient (Wildman–Crippen LogP) is 1.61. The Hall–Kier alpha value is -0.920. The molecule has 1 amide bonds. The number of aliphatic carboxylic acids is 1. The van der Waals surface area contributed by atoms with Crippen LogP contribution >= 0.6 is 11.8 Å². The average molecular weight is 259 g/mol. The summed E-state index contributed by atoms with van der Waals surface area (Å²) in [7, 11) is 0. The standard InChI is InChI=1S/C8H12F3NO3S/c9-8(10,11)16-5-6(13)12-4-2-1-3-7(14)15/h1-5H2,(H,12,13)(H,14,15). The molecular formula is C8H12F3NO3S. The summed E-state index contributed by atoms with van der Waals surface area (Å²) in [5, 5.41) is 10.6. The molecule has 0 saturated carbocycles. The van der Waals surface area contributed by atoms with Crippen molar-refractivity contribution in [2.75, 3.05) is 12.3 Å². The monoisotopic (exact) mass is 259 g/mol. The number of amides is 1. The lowest BCUT2D eigenvalue weighted by Crippen LogP contribution is -2.27. The fourth-order valence-electron chi connectivity index (χ4n) is 0.827. The number of alkyl halides is 3. The Balaban J connectivity index is 3.41. The second kappa shape index (κ2) is 7.37. The number of hydrogen-bond acceptors (Lipinski definition) is 3. The highest BCUT2D eigenvalue weighted by Gasteiger charge is 2.29. The van der Waals surface area contributed by atoms with Crippen LogP contribution < -0.4 is 5.32 Å². The highest BCUT2D eigenvalue weighted by Crippen LogP contribution is 2.29. The van der Waals surface area contributed by atoms with Crippen molar-refractivity contribution in [2.24, 2.45) is 0 Å². The van der Waals surface area contributed by atoms with Gasteiger partial charge in [-0.2, -0.15) is 13.2 Å². The summed E-state index contributed by atoms with van der Waals surface area (Å²) in [4.78, 5) is 20.9. The number of carboxylic acids is 1. The molecule has 0 spiro atoms. The summed E-state index contributed by atoms with van der Waals surface area (Å²) >= 11 is -0.396. The molecule has 0 fully saturated rings. The minimum atomic E-state index is -4.40. The first-order valence-corrected chi connectivity index (χ1v) is 5.49. The smallest absolute Gasteiger partial charge is 0.442 e. The lowest BCUT2D eigenvalue weighted by molar-refractivity contribution is -0.137. The largest absolute Gasteiger partial charge is 0.481 e. The Morgan fingerprint density at radius 1 is 1.25 bits per heavy atom. The predicted molar refractivity (Wildman–Crippen MR) is 53.0 cm³/mol. The molecule has 0 aliphatic heterocycles. The van der Waals surface area contributed by atoms with Crippen molar-refractivity contribution in [2.45, 2.75) is 24.8 Å². The molecule has 94 valence electrons. The molecular weight excluding hydrogens is 247 g/mol. The van der Waals surface area contributed by atoms with Gasteiger partial charge in [0.15, 0.2) is 0 Å². The number of halogens is 3. The van der Waals surface area contributed by atoms with Crippen LogP contribution in [0.5, 0.6) is 0 Å². The molecule has 0 aromatic heterocycles. The van der Waals surface area contributed by atoms with Gasteiger partial charge in [-0.05, 0) is 24.6 Å². The van der Waals surface area contributed by atoms with Gasteiger partial charge in [-0.1, -0.05) is 0 Å². The van der Waals surface area contributed by atoms with Gasteiger partial charge in [0.1, 0.15) is 0 Å². The first kappa shape index (κ1) is 15.1. The molecule has 8 heteroatoms. The van der Waals surface area contributed by atoms with Gasteiger partial charge in [0.2, 0.25) is 5.91 Å². The Morgan fingerprint density at radius 3 is 2.38 bits per heavy atom. The third-order valence-electron chi connectivity index (χ3n) is 1.51. The fourth-order valence-corrected chi connectivity index (χ4v) is 1.22. The Labute approximate surface area is 94.6 Å². The van der Waals surface area contributed by atoms with Gasteiger partial charge in [-0.3, -0.25) is 9.59 Å². The van der Waals surface area contributed by atoms with E-state index in [-0.39, 0.29) is 13.0 Å². The van der Waals surface area contributed by atoms with E-state index in [2.05, 4.69) is 5.32 Å². The lowest BCUT2D eigenvalue weighted by atomic mass is 10.2. The summed E-state index contributed by atoms with van der Waals surface area (Å²) in [6.07, 6.45) is 0.823. The van der Waals surface area contributed by atoms with E-state index in [0.29, 0.717) is 12.8 Å². The molecule has 0 unspecified atom stereocenters. The molecule has 0 aromatic carbocycles. The lowest BCUT2D eigenvalue weighted by Gasteiger charge is -2.06. The molecule has 0 aromatic rings. The van der Waals surface area contributed by atoms with Crippen molar-refractivity contribution < 1.29 is 27.9 Å². The van der Waals surface area contributed by atoms with E-state index in [1.165, 1.54) is 0 Å². The zero-order chi connectivity index (χ0) is 12.6. The van der Waals surface area contributed by atoms with Crippen LogP contribution in [0.3, 0.4) is 0 Å². The molecule has 0 saturated heterocycles. The van der Waals surface area contributed by atoms with Crippen LogP contribution in [0.25, 0.3) is 0 Å².